The molecule has 1 aromatic heterocycles. The van der Waals surface area contributed by atoms with E-state index in [0.717, 1.165) is 11.3 Å². The third-order valence-corrected chi connectivity index (χ3v) is 5.11. The van der Waals surface area contributed by atoms with Crippen LogP contribution in [0.2, 0.25) is 4.34 Å². The van der Waals surface area contributed by atoms with Crippen molar-refractivity contribution in [2.45, 2.75) is 23.3 Å². The molecule has 0 saturated carbocycles. The number of aliphatic hydroxyl groups is 2. The number of rotatable bonds is 5. The average molecular weight is 286 g/mol. The summed E-state index contributed by atoms with van der Waals surface area (Å²) in [6.45, 7) is 0.917. The molecule has 0 fully saturated rings. The van der Waals surface area contributed by atoms with Crippen LogP contribution in [0, 0.1) is 0 Å². The first-order valence-corrected chi connectivity index (χ1v) is 7.11. The van der Waals surface area contributed by atoms with Gasteiger partial charge in [0, 0.05) is 0 Å². The number of thiophene rings is 1. The van der Waals surface area contributed by atoms with Gasteiger partial charge in [-0.05, 0) is 19.1 Å². The Hall–Kier alpha value is -0.180. The minimum absolute atomic E-state index is 0.0524. The summed E-state index contributed by atoms with van der Waals surface area (Å²) in [7, 11) is -3.73. The Morgan fingerprint density at radius 3 is 2.56 bits per heavy atom. The molecule has 0 amide bonds. The minimum Gasteiger partial charge on any atom is -0.395 e. The normalized spacial score (nSPS) is 16.0. The van der Waals surface area contributed by atoms with Crippen molar-refractivity contribution < 1.29 is 18.6 Å². The first-order chi connectivity index (χ1) is 7.36. The van der Waals surface area contributed by atoms with Gasteiger partial charge in [0.15, 0.2) is 0 Å². The maximum atomic E-state index is 11.7. The summed E-state index contributed by atoms with van der Waals surface area (Å²) < 4.78 is 26.1. The molecule has 16 heavy (non-hydrogen) atoms. The van der Waals surface area contributed by atoms with Crippen LogP contribution in [0.15, 0.2) is 16.3 Å². The maximum absolute atomic E-state index is 11.7. The smallest absolute Gasteiger partial charge is 0.250 e. The zero-order valence-electron chi connectivity index (χ0n) is 8.42. The number of sulfonamides is 1. The van der Waals surface area contributed by atoms with Gasteiger partial charge in [-0.3, -0.25) is 0 Å². The van der Waals surface area contributed by atoms with E-state index in [2.05, 4.69) is 4.72 Å². The van der Waals surface area contributed by atoms with Crippen LogP contribution in [0.4, 0.5) is 0 Å². The van der Waals surface area contributed by atoms with Crippen molar-refractivity contribution in [1.29, 1.82) is 0 Å². The summed E-state index contributed by atoms with van der Waals surface area (Å²) in [5, 5.41) is 18.1. The highest BCUT2D eigenvalue weighted by atomic mass is 35.5. The number of hydrogen-bond donors (Lipinski definition) is 3. The highest BCUT2D eigenvalue weighted by Crippen LogP contribution is 2.25. The van der Waals surface area contributed by atoms with Crippen molar-refractivity contribution in [2.24, 2.45) is 0 Å². The van der Waals surface area contributed by atoms with Gasteiger partial charge in [0.05, 0.1) is 23.1 Å². The number of nitrogens with one attached hydrogen (secondary N) is 1. The fraction of sp³-hybridized carbons (Fsp3) is 0.500. The van der Waals surface area contributed by atoms with E-state index in [0.29, 0.717) is 4.34 Å². The molecule has 1 aromatic rings. The van der Waals surface area contributed by atoms with Gasteiger partial charge < -0.3 is 10.2 Å². The molecule has 0 spiro atoms. The number of hydrogen-bond acceptors (Lipinski definition) is 5. The second kappa shape index (κ2) is 5.44. The Morgan fingerprint density at radius 2 is 2.19 bits per heavy atom. The van der Waals surface area contributed by atoms with E-state index in [1.54, 1.807) is 0 Å². The first-order valence-electron chi connectivity index (χ1n) is 4.43. The van der Waals surface area contributed by atoms with Crippen molar-refractivity contribution in [3.05, 3.63) is 16.5 Å². The van der Waals surface area contributed by atoms with E-state index in [1.807, 2.05) is 0 Å². The van der Waals surface area contributed by atoms with Gasteiger partial charge in [-0.25, -0.2) is 13.1 Å². The first kappa shape index (κ1) is 13.9. The summed E-state index contributed by atoms with van der Waals surface area (Å²) >= 11 is 6.54. The molecule has 0 aliphatic carbocycles. The Bertz CT molecular complexity index is 443. The SMILES string of the molecule is C[C@H](O)[C@H](CO)NS(=O)(=O)c1ccc(Cl)s1. The monoisotopic (exact) mass is 285 g/mol. The van der Waals surface area contributed by atoms with Crippen LogP contribution >= 0.6 is 22.9 Å². The predicted octanol–water partition coefficient (Wildman–Crippen LogP) is 0.421. The Balaban J connectivity index is 2.87. The molecule has 0 aliphatic rings. The molecular formula is C8H12ClNO4S2. The fourth-order valence-electron chi connectivity index (χ4n) is 0.988. The van der Waals surface area contributed by atoms with Crippen LogP contribution in [0.5, 0.6) is 0 Å². The van der Waals surface area contributed by atoms with Crippen LogP contribution < -0.4 is 4.72 Å². The molecule has 92 valence electrons. The standard InChI is InChI=1S/C8H12ClNO4S2/c1-5(12)6(4-11)10-16(13,14)8-3-2-7(9)15-8/h2-3,5-6,10-12H,4H2,1H3/t5-,6-/m0/s1. The molecule has 3 N–H and O–H groups in total. The summed E-state index contributed by atoms with van der Waals surface area (Å²) in [6.07, 6.45) is -0.977. The molecular weight excluding hydrogens is 274 g/mol. The van der Waals surface area contributed by atoms with Gasteiger partial charge in [-0.2, -0.15) is 0 Å². The molecule has 2 atom stereocenters. The molecule has 0 radical (unpaired) electrons. The van der Waals surface area contributed by atoms with Crippen LogP contribution in [-0.2, 0) is 10.0 Å². The summed E-state index contributed by atoms with van der Waals surface area (Å²) in [5.74, 6) is 0. The topological polar surface area (TPSA) is 86.6 Å². The van der Waals surface area contributed by atoms with E-state index >= 15 is 0 Å². The molecule has 0 aromatic carbocycles. The Labute approximate surface area is 103 Å². The predicted molar refractivity (Wildman–Crippen MR) is 62.2 cm³/mol. The van der Waals surface area contributed by atoms with Gasteiger partial charge >= 0.3 is 0 Å². The zero-order chi connectivity index (χ0) is 12.3. The van der Waals surface area contributed by atoms with Gasteiger partial charge in [0.2, 0.25) is 0 Å². The molecule has 0 bridgehead atoms. The van der Waals surface area contributed by atoms with Crippen LogP contribution in [0.25, 0.3) is 0 Å². The quantitative estimate of drug-likeness (QED) is 0.732. The molecule has 1 heterocycles. The molecule has 1 rings (SSSR count). The molecule has 8 heteroatoms. The third-order valence-electron chi connectivity index (χ3n) is 1.90. The van der Waals surface area contributed by atoms with Gasteiger partial charge in [0.1, 0.15) is 4.21 Å². The summed E-state index contributed by atoms with van der Waals surface area (Å²) in [5.41, 5.74) is 0. The van der Waals surface area contributed by atoms with E-state index in [1.165, 1.54) is 19.1 Å². The van der Waals surface area contributed by atoms with Crippen LogP contribution in [-0.4, -0.2) is 37.4 Å². The molecule has 0 aliphatic heterocycles. The lowest BCUT2D eigenvalue weighted by Gasteiger charge is -2.18. The van der Waals surface area contributed by atoms with Crippen molar-refractivity contribution in [3.63, 3.8) is 0 Å². The maximum Gasteiger partial charge on any atom is 0.250 e. The van der Waals surface area contributed by atoms with Crippen molar-refractivity contribution >= 4 is 33.0 Å². The second-order valence-corrected chi connectivity index (χ2v) is 6.87. The average Bonchev–Trinajstić information content (AvgIpc) is 2.61. The van der Waals surface area contributed by atoms with Gasteiger partial charge in [0.25, 0.3) is 10.0 Å². The second-order valence-electron chi connectivity index (χ2n) is 3.21. The van der Waals surface area contributed by atoms with Crippen LogP contribution in [0.3, 0.4) is 0 Å². The van der Waals surface area contributed by atoms with E-state index in [4.69, 9.17) is 16.7 Å². The number of halogens is 1. The van der Waals surface area contributed by atoms with Crippen LogP contribution in [0.1, 0.15) is 6.92 Å². The summed E-state index contributed by atoms with van der Waals surface area (Å²) in [6, 6.07) is 1.91. The van der Waals surface area contributed by atoms with Crippen molar-refractivity contribution in [3.8, 4) is 0 Å². The lowest BCUT2D eigenvalue weighted by Crippen LogP contribution is -2.44. The lowest BCUT2D eigenvalue weighted by atomic mass is 10.2. The Morgan fingerprint density at radius 1 is 1.56 bits per heavy atom. The number of aliphatic hydroxyl groups excluding tert-OH is 2. The van der Waals surface area contributed by atoms with E-state index in [9.17, 15) is 13.5 Å². The van der Waals surface area contributed by atoms with Crippen molar-refractivity contribution in [2.75, 3.05) is 6.61 Å². The lowest BCUT2D eigenvalue weighted by molar-refractivity contribution is 0.115. The molecule has 0 saturated heterocycles. The zero-order valence-corrected chi connectivity index (χ0v) is 10.8. The van der Waals surface area contributed by atoms with E-state index in [-0.39, 0.29) is 4.21 Å². The molecule has 0 unspecified atom stereocenters. The Kier molecular flexibility index (Phi) is 4.72. The van der Waals surface area contributed by atoms with Gasteiger partial charge in [-0.15, -0.1) is 11.3 Å². The van der Waals surface area contributed by atoms with Gasteiger partial charge in [-0.1, -0.05) is 11.6 Å². The van der Waals surface area contributed by atoms with Crippen molar-refractivity contribution in [1.82, 2.24) is 4.72 Å². The summed E-state index contributed by atoms with van der Waals surface area (Å²) in [4.78, 5) is 0. The highest BCUT2D eigenvalue weighted by Gasteiger charge is 2.24. The third kappa shape index (κ3) is 3.41. The molecule has 5 nitrogen and oxygen atoms in total. The van der Waals surface area contributed by atoms with E-state index < -0.39 is 28.8 Å². The highest BCUT2D eigenvalue weighted by molar-refractivity contribution is 7.91. The minimum atomic E-state index is -3.73. The largest absolute Gasteiger partial charge is 0.395 e. The fourth-order valence-corrected chi connectivity index (χ4v) is 3.79.